The van der Waals surface area contributed by atoms with Gasteiger partial charge in [0.05, 0.1) is 5.69 Å². The van der Waals surface area contributed by atoms with Gasteiger partial charge >= 0.3 is 0 Å². The molecule has 0 atom stereocenters. The molecule has 0 spiro atoms. The largest absolute Gasteiger partial charge is 0.361 e. The zero-order chi connectivity index (χ0) is 11.7. The number of aromatic nitrogens is 3. The normalized spacial score (nSPS) is 10.6. The molecule has 0 unspecified atom stereocenters. The van der Waals surface area contributed by atoms with Crippen molar-refractivity contribution in [1.29, 1.82) is 0 Å². The molecule has 2 heterocycles. The maximum Gasteiger partial charge on any atom is 0.222 e. The van der Waals surface area contributed by atoms with Gasteiger partial charge in [0.1, 0.15) is 0 Å². The fourth-order valence-electron chi connectivity index (χ4n) is 1.94. The molecule has 84 valence electrons. The lowest BCUT2D eigenvalue weighted by atomic mass is 10.1. The average molecular weight is 224 g/mol. The molecule has 0 radical (unpaired) electrons. The Labute approximate surface area is 98.7 Å². The van der Waals surface area contributed by atoms with E-state index in [0.29, 0.717) is 5.95 Å². The van der Waals surface area contributed by atoms with Gasteiger partial charge in [-0.25, -0.2) is 9.97 Å². The van der Waals surface area contributed by atoms with E-state index < -0.39 is 0 Å². The summed E-state index contributed by atoms with van der Waals surface area (Å²) >= 11 is 0. The summed E-state index contributed by atoms with van der Waals surface area (Å²) in [5, 5.41) is 4.12. The lowest BCUT2D eigenvalue weighted by Gasteiger charge is -2.04. The van der Waals surface area contributed by atoms with Crippen LogP contribution in [0.5, 0.6) is 0 Å². The van der Waals surface area contributed by atoms with Gasteiger partial charge in [0.25, 0.3) is 0 Å². The van der Waals surface area contributed by atoms with Gasteiger partial charge in [0.2, 0.25) is 5.95 Å². The number of nitrogens with zero attached hydrogens (tertiary/aromatic N) is 2. The molecule has 0 saturated carbocycles. The van der Waals surface area contributed by atoms with Crippen molar-refractivity contribution in [3.63, 3.8) is 0 Å². The second-order valence-corrected chi connectivity index (χ2v) is 3.76. The minimum Gasteiger partial charge on any atom is -0.361 e. The second-order valence-electron chi connectivity index (χ2n) is 3.76. The molecule has 17 heavy (non-hydrogen) atoms. The molecule has 0 bridgehead atoms. The fourth-order valence-corrected chi connectivity index (χ4v) is 1.94. The number of hydrogen-bond acceptors (Lipinski definition) is 3. The van der Waals surface area contributed by atoms with Gasteiger partial charge < -0.3 is 10.3 Å². The number of hydrogen-bond donors (Lipinski definition) is 2. The lowest BCUT2D eigenvalue weighted by molar-refractivity contribution is 1.16. The van der Waals surface area contributed by atoms with Gasteiger partial charge in [0, 0.05) is 35.9 Å². The van der Waals surface area contributed by atoms with Gasteiger partial charge in [0.15, 0.2) is 0 Å². The van der Waals surface area contributed by atoms with Gasteiger partial charge in [-0.05, 0) is 18.2 Å². The van der Waals surface area contributed by atoms with Crippen molar-refractivity contribution in [2.24, 2.45) is 0 Å². The summed E-state index contributed by atoms with van der Waals surface area (Å²) in [6.45, 7) is 0. The first-order chi connectivity index (χ1) is 8.38. The topological polar surface area (TPSA) is 53.6 Å². The smallest absolute Gasteiger partial charge is 0.222 e. The zero-order valence-corrected chi connectivity index (χ0v) is 9.44. The molecular formula is C13H12N4. The van der Waals surface area contributed by atoms with E-state index in [-0.39, 0.29) is 0 Å². The van der Waals surface area contributed by atoms with Crippen molar-refractivity contribution in [3.8, 4) is 11.3 Å². The molecule has 0 amide bonds. The van der Waals surface area contributed by atoms with E-state index in [2.05, 4.69) is 38.5 Å². The Kier molecular flexibility index (Phi) is 2.26. The summed E-state index contributed by atoms with van der Waals surface area (Å²) in [6.07, 6.45) is 3.70. The Morgan fingerprint density at radius 2 is 2.12 bits per heavy atom. The Balaban J connectivity index is 2.23. The van der Waals surface area contributed by atoms with Crippen molar-refractivity contribution in [2.75, 3.05) is 12.4 Å². The van der Waals surface area contributed by atoms with Crippen LogP contribution in [0.2, 0.25) is 0 Å². The van der Waals surface area contributed by atoms with Crippen LogP contribution in [0.15, 0.2) is 42.7 Å². The summed E-state index contributed by atoms with van der Waals surface area (Å²) in [5.41, 5.74) is 3.16. The maximum atomic E-state index is 4.46. The van der Waals surface area contributed by atoms with Crippen LogP contribution in [0.1, 0.15) is 0 Å². The first kappa shape index (κ1) is 9.84. The molecule has 2 aromatic heterocycles. The number of anilines is 1. The third-order valence-electron chi connectivity index (χ3n) is 2.75. The third-order valence-corrected chi connectivity index (χ3v) is 2.75. The van der Waals surface area contributed by atoms with Gasteiger partial charge in [-0.1, -0.05) is 12.1 Å². The van der Waals surface area contributed by atoms with Crippen molar-refractivity contribution in [2.45, 2.75) is 0 Å². The van der Waals surface area contributed by atoms with Gasteiger partial charge in [-0.15, -0.1) is 0 Å². The third kappa shape index (κ3) is 1.63. The van der Waals surface area contributed by atoms with E-state index >= 15 is 0 Å². The first-order valence-electron chi connectivity index (χ1n) is 5.46. The van der Waals surface area contributed by atoms with E-state index in [1.807, 2.05) is 25.4 Å². The highest BCUT2D eigenvalue weighted by molar-refractivity contribution is 5.94. The molecule has 4 nitrogen and oxygen atoms in total. The standard InChI is InChI=1S/C13H12N4/c1-14-13-16-8-6-12(17-13)9-3-2-4-11-10(9)5-7-15-11/h2-8,15H,1H3,(H,14,16,17). The molecule has 0 aliphatic heterocycles. The Hall–Kier alpha value is -2.36. The monoisotopic (exact) mass is 224 g/mol. The molecule has 0 saturated heterocycles. The minimum atomic E-state index is 0.634. The van der Waals surface area contributed by atoms with Crippen LogP contribution in [0.25, 0.3) is 22.2 Å². The van der Waals surface area contributed by atoms with E-state index in [1.54, 1.807) is 6.20 Å². The van der Waals surface area contributed by atoms with Crippen LogP contribution < -0.4 is 5.32 Å². The highest BCUT2D eigenvalue weighted by Crippen LogP contribution is 2.26. The molecule has 4 heteroatoms. The van der Waals surface area contributed by atoms with Crippen molar-refractivity contribution >= 4 is 16.9 Å². The van der Waals surface area contributed by atoms with Crippen LogP contribution in [0.3, 0.4) is 0 Å². The van der Waals surface area contributed by atoms with Crippen molar-refractivity contribution in [3.05, 3.63) is 42.7 Å². The highest BCUT2D eigenvalue weighted by Gasteiger charge is 2.06. The SMILES string of the molecule is CNc1nccc(-c2cccc3[nH]ccc23)n1. The second kappa shape index (κ2) is 3.90. The lowest BCUT2D eigenvalue weighted by Crippen LogP contribution is -1.96. The van der Waals surface area contributed by atoms with Gasteiger partial charge in [-0.2, -0.15) is 0 Å². The molecule has 3 aromatic rings. The predicted octanol–water partition coefficient (Wildman–Crippen LogP) is 2.67. The summed E-state index contributed by atoms with van der Waals surface area (Å²) in [5.74, 6) is 0.634. The van der Waals surface area contributed by atoms with Crippen LogP contribution in [-0.4, -0.2) is 22.0 Å². The van der Waals surface area contributed by atoms with Crippen molar-refractivity contribution in [1.82, 2.24) is 15.0 Å². The van der Waals surface area contributed by atoms with E-state index in [0.717, 1.165) is 16.8 Å². The van der Waals surface area contributed by atoms with Crippen molar-refractivity contribution < 1.29 is 0 Å². The van der Waals surface area contributed by atoms with E-state index in [4.69, 9.17) is 0 Å². The quantitative estimate of drug-likeness (QED) is 0.703. The average Bonchev–Trinajstić information content (AvgIpc) is 2.87. The molecule has 0 aliphatic carbocycles. The molecule has 0 aliphatic rings. The highest BCUT2D eigenvalue weighted by atomic mass is 15.1. The number of nitrogens with one attached hydrogen (secondary N) is 2. The Morgan fingerprint density at radius 1 is 1.18 bits per heavy atom. The summed E-state index contributed by atoms with van der Waals surface area (Å²) < 4.78 is 0. The van der Waals surface area contributed by atoms with E-state index in [9.17, 15) is 0 Å². The Bertz CT molecular complexity index is 657. The number of aromatic amines is 1. The maximum absolute atomic E-state index is 4.46. The number of benzene rings is 1. The first-order valence-corrected chi connectivity index (χ1v) is 5.46. The molecule has 0 fully saturated rings. The van der Waals surface area contributed by atoms with E-state index in [1.165, 1.54) is 5.39 Å². The molecule has 1 aromatic carbocycles. The molecule has 3 rings (SSSR count). The van der Waals surface area contributed by atoms with Crippen LogP contribution in [0, 0.1) is 0 Å². The summed E-state index contributed by atoms with van der Waals surface area (Å²) in [7, 11) is 1.82. The predicted molar refractivity (Wildman–Crippen MR) is 68.9 cm³/mol. The molecular weight excluding hydrogens is 212 g/mol. The summed E-state index contributed by atoms with van der Waals surface area (Å²) in [4.78, 5) is 11.8. The Morgan fingerprint density at radius 3 is 3.00 bits per heavy atom. The number of fused-ring (bicyclic) bond motifs is 1. The van der Waals surface area contributed by atoms with Crippen LogP contribution in [-0.2, 0) is 0 Å². The van der Waals surface area contributed by atoms with Crippen LogP contribution in [0.4, 0.5) is 5.95 Å². The molecule has 2 N–H and O–H groups in total. The summed E-state index contributed by atoms with van der Waals surface area (Å²) in [6, 6.07) is 10.1. The minimum absolute atomic E-state index is 0.634. The fraction of sp³-hybridized carbons (Fsp3) is 0.0769. The number of rotatable bonds is 2. The van der Waals surface area contributed by atoms with Gasteiger partial charge in [-0.3, -0.25) is 0 Å². The van der Waals surface area contributed by atoms with Crippen LogP contribution >= 0.6 is 0 Å². The number of H-pyrrole nitrogens is 1. The zero-order valence-electron chi connectivity index (χ0n) is 9.44.